The molecule has 2 aromatic rings. The van der Waals surface area contributed by atoms with Crippen molar-refractivity contribution in [2.75, 3.05) is 19.6 Å². The summed E-state index contributed by atoms with van der Waals surface area (Å²) in [7, 11) is 0. The molecule has 0 N–H and O–H groups in total. The Morgan fingerprint density at radius 3 is 2.65 bits per heavy atom. The molecule has 0 unspecified atom stereocenters. The molecule has 0 fully saturated rings. The number of nitrogens with zero attached hydrogens (tertiary/aromatic N) is 4. The molecule has 4 rings (SSSR count). The Bertz CT molecular complexity index is 864. The highest BCUT2D eigenvalue weighted by Gasteiger charge is 2.28. The fourth-order valence-corrected chi connectivity index (χ4v) is 4.05. The summed E-state index contributed by atoms with van der Waals surface area (Å²) in [6, 6.07) is 6.03. The summed E-state index contributed by atoms with van der Waals surface area (Å²) in [5.41, 5.74) is 4.42. The molecular formula is C21H28N4O. The predicted octanol–water partition coefficient (Wildman–Crippen LogP) is 3.65. The molecule has 0 saturated heterocycles. The second-order valence-corrected chi connectivity index (χ2v) is 8.10. The molecule has 5 nitrogen and oxygen atoms in total. The minimum Gasteiger partial charge on any atom is -0.373 e. The van der Waals surface area contributed by atoms with Gasteiger partial charge in [-0.25, -0.2) is 0 Å². The summed E-state index contributed by atoms with van der Waals surface area (Å²) >= 11 is 0. The van der Waals surface area contributed by atoms with Crippen molar-refractivity contribution < 1.29 is 4.79 Å². The maximum absolute atomic E-state index is 12.9. The monoisotopic (exact) mass is 352 g/mol. The fourth-order valence-electron chi connectivity index (χ4n) is 4.05. The Kier molecular flexibility index (Phi) is 4.47. The first-order chi connectivity index (χ1) is 12.5. The first kappa shape index (κ1) is 17.1. The number of amides is 1. The zero-order valence-electron chi connectivity index (χ0n) is 16.0. The van der Waals surface area contributed by atoms with Crippen LogP contribution in [0.5, 0.6) is 0 Å². The van der Waals surface area contributed by atoms with Gasteiger partial charge in [-0.15, -0.1) is 0 Å². The van der Waals surface area contributed by atoms with Gasteiger partial charge in [0.05, 0.1) is 23.3 Å². The number of aromatic nitrogens is 2. The van der Waals surface area contributed by atoms with Gasteiger partial charge in [0.15, 0.2) is 0 Å². The van der Waals surface area contributed by atoms with Crippen LogP contribution in [0.1, 0.15) is 49.7 Å². The standard InChI is InChI=1S/C21H28N4O/c1-15(2)11-25-19-8-6-7-17-20(19)18(22-25)14-24(21(17)26)10-5-4-9-23-12-16(3)13-23/h6-8,12,15H,4-5,9-11,13-14H2,1-3H3. The molecule has 1 aromatic heterocycles. The van der Waals surface area contributed by atoms with Crippen LogP contribution in [0.4, 0.5) is 0 Å². The Hall–Kier alpha value is -2.30. The minimum atomic E-state index is 0.159. The van der Waals surface area contributed by atoms with Crippen LogP contribution in [0, 0.1) is 5.92 Å². The highest BCUT2D eigenvalue weighted by atomic mass is 16.2. The quantitative estimate of drug-likeness (QED) is 0.714. The third-order valence-corrected chi connectivity index (χ3v) is 5.23. The SMILES string of the molecule is CC1=CN(CCCCN2Cc3nn(CC(C)C)c4cccc(c34)C2=O)C1. The summed E-state index contributed by atoms with van der Waals surface area (Å²) in [5.74, 6) is 0.688. The maximum atomic E-state index is 12.9. The predicted molar refractivity (Wildman–Crippen MR) is 104 cm³/mol. The number of benzene rings is 1. The van der Waals surface area contributed by atoms with Crippen LogP contribution in [-0.4, -0.2) is 45.1 Å². The van der Waals surface area contributed by atoms with E-state index in [9.17, 15) is 4.79 Å². The van der Waals surface area contributed by atoms with Crippen molar-refractivity contribution >= 4 is 16.8 Å². The first-order valence-corrected chi connectivity index (χ1v) is 9.72. The third kappa shape index (κ3) is 3.11. The lowest BCUT2D eigenvalue weighted by atomic mass is 10.0. The topological polar surface area (TPSA) is 41.4 Å². The molecule has 0 atom stereocenters. The molecular weight excluding hydrogens is 324 g/mol. The van der Waals surface area contributed by atoms with E-state index in [1.807, 2.05) is 17.0 Å². The van der Waals surface area contributed by atoms with Gasteiger partial charge in [-0.3, -0.25) is 9.48 Å². The Morgan fingerprint density at radius 1 is 1.15 bits per heavy atom. The number of unbranched alkanes of at least 4 members (excludes halogenated alkanes) is 1. The van der Waals surface area contributed by atoms with Gasteiger partial charge in [0.25, 0.3) is 5.91 Å². The summed E-state index contributed by atoms with van der Waals surface area (Å²) in [4.78, 5) is 17.3. The van der Waals surface area contributed by atoms with E-state index in [4.69, 9.17) is 5.10 Å². The van der Waals surface area contributed by atoms with Gasteiger partial charge in [-0.2, -0.15) is 5.10 Å². The molecule has 0 radical (unpaired) electrons. The van der Waals surface area contributed by atoms with E-state index in [0.717, 1.165) is 61.2 Å². The normalized spacial score (nSPS) is 16.5. The lowest BCUT2D eigenvalue weighted by Crippen LogP contribution is -2.35. The molecule has 0 aliphatic carbocycles. The minimum absolute atomic E-state index is 0.159. The molecule has 5 heteroatoms. The van der Waals surface area contributed by atoms with E-state index >= 15 is 0 Å². The van der Waals surface area contributed by atoms with Crippen LogP contribution in [0.3, 0.4) is 0 Å². The van der Waals surface area contributed by atoms with Crippen molar-refractivity contribution in [3.05, 3.63) is 41.2 Å². The summed E-state index contributed by atoms with van der Waals surface area (Å²) in [5, 5.41) is 5.90. The number of carbonyl (C=O) groups excluding carboxylic acids is 1. The van der Waals surface area contributed by atoms with E-state index < -0.39 is 0 Å². The summed E-state index contributed by atoms with van der Waals surface area (Å²) < 4.78 is 2.08. The van der Waals surface area contributed by atoms with Crippen LogP contribution in [0.25, 0.3) is 10.9 Å². The first-order valence-electron chi connectivity index (χ1n) is 9.72. The third-order valence-electron chi connectivity index (χ3n) is 5.23. The molecule has 0 bridgehead atoms. The Morgan fingerprint density at radius 2 is 1.92 bits per heavy atom. The lowest BCUT2D eigenvalue weighted by molar-refractivity contribution is 0.0731. The molecule has 0 saturated carbocycles. The summed E-state index contributed by atoms with van der Waals surface area (Å²) in [6.07, 6.45) is 4.37. The van der Waals surface area contributed by atoms with Gasteiger partial charge >= 0.3 is 0 Å². The number of hydrogen-bond acceptors (Lipinski definition) is 3. The lowest BCUT2D eigenvalue weighted by Gasteiger charge is -2.30. The average Bonchev–Trinajstić information content (AvgIpc) is 2.91. The van der Waals surface area contributed by atoms with E-state index in [0.29, 0.717) is 12.5 Å². The zero-order chi connectivity index (χ0) is 18.3. The van der Waals surface area contributed by atoms with Gasteiger partial charge in [-0.05, 0) is 43.4 Å². The van der Waals surface area contributed by atoms with Crippen molar-refractivity contribution in [3.8, 4) is 0 Å². The van der Waals surface area contributed by atoms with Crippen LogP contribution in [-0.2, 0) is 13.1 Å². The second kappa shape index (κ2) is 6.78. The van der Waals surface area contributed by atoms with Crippen molar-refractivity contribution in [1.82, 2.24) is 19.6 Å². The van der Waals surface area contributed by atoms with E-state index in [1.54, 1.807) is 0 Å². The van der Waals surface area contributed by atoms with E-state index in [2.05, 4.69) is 42.6 Å². The molecule has 3 heterocycles. The molecule has 2 aliphatic heterocycles. The highest BCUT2D eigenvalue weighted by molar-refractivity contribution is 6.09. The van der Waals surface area contributed by atoms with Gasteiger partial charge in [0.1, 0.15) is 0 Å². The molecule has 2 aliphatic rings. The van der Waals surface area contributed by atoms with Crippen molar-refractivity contribution in [3.63, 3.8) is 0 Å². The van der Waals surface area contributed by atoms with E-state index in [-0.39, 0.29) is 5.91 Å². The highest BCUT2D eigenvalue weighted by Crippen LogP contribution is 2.30. The van der Waals surface area contributed by atoms with Gasteiger partial charge in [-0.1, -0.05) is 19.9 Å². The van der Waals surface area contributed by atoms with Gasteiger partial charge in [0, 0.05) is 37.8 Å². The van der Waals surface area contributed by atoms with Crippen LogP contribution < -0.4 is 0 Å². The summed E-state index contributed by atoms with van der Waals surface area (Å²) in [6.45, 7) is 11.1. The largest absolute Gasteiger partial charge is 0.373 e. The van der Waals surface area contributed by atoms with Crippen LogP contribution in [0.2, 0.25) is 0 Å². The smallest absolute Gasteiger partial charge is 0.254 e. The van der Waals surface area contributed by atoms with Crippen LogP contribution >= 0.6 is 0 Å². The molecule has 1 amide bonds. The number of hydrogen-bond donors (Lipinski definition) is 0. The van der Waals surface area contributed by atoms with Gasteiger partial charge < -0.3 is 9.80 Å². The molecule has 1 aromatic carbocycles. The molecule has 0 spiro atoms. The Balaban J connectivity index is 1.46. The zero-order valence-corrected chi connectivity index (χ0v) is 16.0. The fraction of sp³-hybridized carbons (Fsp3) is 0.524. The second-order valence-electron chi connectivity index (χ2n) is 8.10. The van der Waals surface area contributed by atoms with E-state index in [1.165, 1.54) is 5.57 Å². The molecule has 138 valence electrons. The average molecular weight is 352 g/mol. The number of carbonyl (C=O) groups is 1. The van der Waals surface area contributed by atoms with Crippen molar-refractivity contribution in [1.29, 1.82) is 0 Å². The van der Waals surface area contributed by atoms with Crippen molar-refractivity contribution in [2.24, 2.45) is 5.92 Å². The molecule has 26 heavy (non-hydrogen) atoms. The van der Waals surface area contributed by atoms with Crippen LogP contribution in [0.15, 0.2) is 30.0 Å². The van der Waals surface area contributed by atoms with Gasteiger partial charge in [0.2, 0.25) is 0 Å². The van der Waals surface area contributed by atoms with Crippen molar-refractivity contribution in [2.45, 2.75) is 46.7 Å². The Labute approximate surface area is 155 Å². The number of rotatable bonds is 7. The maximum Gasteiger partial charge on any atom is 0.254 e.